The third kappa shape index (κ3) is 3.90. The molecule has 0 bridgehead atoms. The molecule has 0 aliphatic heterocycles. The van der Waals surface area contributed by atoms with Gasteiger partial charge in [-0.05, 0) is 30.0 Å². The Hall–Kier alpha value is -2.36. The smallest absolute Gasteiger partial charge is 0.272 e. The van der Waals surface area contributed by atoms with Crippen LogP contribution < -0.4 is 10.9 Å². The zero-order valence-electron chi connectivity index (χ0n) is 15.6. The first-order valence-corrected chi connectivity index (χ1v) is 11.4. The summed E-state index contributed by atoms with van der Waals surface area (Å²) >= 11 is 8.77. The van der Waals surface area contributed by atoms with Crippen LogP contribution in [0.5, 0.6) is 0 Å². The predicted molar refractivity (Wildman–Crippen MR) is 118 cm³/mol. The number of aryl methyl sites for hydroxylation is 1. The fourth-order valence-electron chi connectivity index (χ4n) is 2.99. The van der Waals surface area contributed by atoms with Gasteiger partial charge in [-0.3, -0.25) is 18.6 Å². The third-order valence-electron chi connectivity index (χ3n) is 4.40. The Bertz CT molecular complexity index is 1250. The molecule has 3 heterocycles. The van der Waals surface area contributed by atoms with Gasteiger partial charge in [0.2, 0.25) is 11.7 Å². The maximum absolute atomic E-state index is 12.8. The SMILES string of the molecule is CCCCn1c(=O)c2sccc2n2c(SCC(=O)Nc3ccccc3Cl)nnc12. The largest absolute Gasteiger partial charge is 0.324 e. The molecular weight excluding hydrogens is 430 g/mol. The van der Waals surface area contributed by atoms with Crippen LogP contribution in [0, 0.1) is 0 Å². The number of anilines is 1. The molecule has 150 valence electrons. The van der Waals surface area contributed by atoms with E-state index in [9.17, 15) is 9.59 Å². The molecular formula is C19H18ClN5O2S2. The van der Waals surface area contributed by atoms with E-state index in [0.717, 1.165) is 18.4 Å². The average molecular weight is 448 g/mol. The lowest BCUT2D eigenvalue weighted by atomic mass is 10.3. The van der Waals surface area contributed by atoms with Crippen LogP contribution in [0.2, 0.25) is 5.02 Å². The normalized spacial score (nSPS) is 11.4. The second kappa shape index (κ2) is 8.56. The van der Waals surface area contributed by atoms with Crippen LogP contribution in [-0.4, -0.2) is 30.8 Å². The summed E-state index contributed by atoms with van der Waals surface area (Å²) in [4.78, 5) is 25.2. The molecule has 1 aromatic carbocycles. The van der Waals surface area contributed by atoms with Crippen LogP contribution in [0.4, 0.5) is 5.69 Å². The molecule has 0 fully saturated rings. The van der Waals surface area contributed by atoms with Crippen LogP contribution in [-0.2, 0) is 11.3 Å². The Morgan fingerprint density at radius 2 is 2.10 bits per heavy atom. The zero-order valence-corrected chi connectivity index (χ0v) is 18.0. The van der Waals surface area contributed by atoms with Crippen LogP contribution in [0.15, 0.2) is 45.7 Å². The molecule has 0 aliphatic rings. The van der Waals surface area contributed by atoms with Gasteiger partial charge in [-0.15, -0.1) is 21.5 Å². The summed E-state index contributed by atoms with van der Waals surface area (Å²) in [5.41, 5.74) is 1.29. The molecule has 7 nitrogen and oxygen atoms in total. The molecule has 0 radical (unpaired) electrons. The summed E-state index contributed by atoms with van der Waals surface area (Å²) in [6, 6.07) is 8.97. The number of hydrogen-bond donors (Lipinski definition) is 1. The molecule has 0 saturated carbocycles. The minimum absolute atomic E-state index is 0.0450. The molecule has 3 aromatic heterocycles. The van der Waals surface area contributed by atoms with Gasteiger partial charge < -0.3 is 5.32 Å². The van der Waals surface area contributed by atoms with E-state index in [1.54, 1.807) is 22.8 Å². The van der Waals surface area contributed by atoms with E-state index in [-0.39, 0.29) is 17.2 Å². The molecule has 0 unspecified atom stereocenters. The lowest BCUT2D eigenvalue weighted by Gasteiger charge is -2.09. The van der Waals surface area contributed by atoms with Crippen molar-refractivity contribution in [2.75, 3.05) is 11.1 Å². The molecule has 0 aliphatic carbocycles. The number of thioether (sulfide) groups is 1. The highest BCUT2D eigenvalue weighted by Crippen LogP contribution is 2.25. The number of rotatable bonds is 7. The van der Waals surface area contributed by atoms with Gasteiger partial charge in [-0.2, -0.15) is 0 Å². The topological polar surface area (TPSA) is 81.3 Å². The Kier molecular flexibility index (Phi) is 5.89. The molecule has 29 heavy (non-hydrogen) atoms. The monoisotopic (exact) mass is 447 g/mol. The van der Waals surface area contributed by atoms with Gasteiger partial charge in [0.25, 0.3) is 5.56 Å². The van der Waals surface area contributed by atoms with Crippen LogP contribution in [0.25, 0.3) is 16.0 Å². The van der Waals surface area contributed by atoms with Crippen molar-refractivity contribution in [3.8, 4) is 0 Å². The summed E-state index contributed by atoms with van der Waals surface area (Å²) in [5, 5.41) is 14.2. The summed E-state index contributed by atoms with van der Waals surface area (Å²) < 4.78 is 4.19. The minimum Gasteiger partial charge on any atom is -0.324 e. The first-order chi connectivity index (χ1) is 14.1. The van der Waals surface area contributed by atoms with E-state index in [4.69, 9.17) is 11.6 Å². The van der Waals surface area contributed by atoms with Crippen LogP contribution >= 0.6 is 34.7 Å². The number of fused-ring (bicyclic) bond motifs is 3. The van der Waals surface area contributed by atoms with Gasteiger partial charge in [-0.1, -0.05) is 48.8 Å². The van der Waals surface area contributed by atoms with E-state index in [0.29, 0.717) is 32.9 Å². The Labute approximate surface area is 179 Å². The number of hydrogen-bond acceptors (Lipinski definition) is 6. The number of carbonyl (C=O) groups is 1. The van der Waals surface area contributed by atoms with Crippen LogP contribution in [0.1, 0.15) is 19.8 Å². The first-order valence-electron chi connectivity index (χ1n) is 9.12. The van der Waals surface area contributed by atoms with Crippen molar-refractivity contribution in [3.05, 3.63) is 51.1 Å². The van der Waals surface area contributed by atoms with Gasteiger partial charge in [-0.25, -0.2) is 0 Å². The summed E-state index contributed by atoms with van der Waals surface area (Å²) in [6.45, 7) is 2.66. The van der Waals surface area contributed by atoms with E-state index in [1.165, 1.54) is 23.1 Å². The van der Waals surface area contributed by atoms with Crippen molar-refractivity contribution in [2.45, 2.75) is 31.5 Å². The highest BCUT2D eigenvalue weighted by molar-refractivity contribution is 7.99. The quantitative estimate of drug-likeness (QED) is 0.427. The number of thiophene rings is 1. The Balaban J connectivity index is 1.63. The summed E-state index contributed by atoms with van der Waals surface area (Å²) in [7, 11) is 0. The second-order valence-electron chi connectivity index (χ2n) is 6.38. The number of carbonyl (C=O) groups excluding carboxylic acids is 1. The maximum Gasteiger partial charge on any atom is 0.272 e. The number of para-hydroxylation sites is 1. The number of unbranched alkanes of at least 4 members (excludes halogenated alkanes) is 1. The second-order valence-corrected chi connectivity index (χ2v) is 8.65. The molecule has 10 heteroatoms. The molecule has 0 atom stereocenters. The zero-order chi connectivity index (χ0) is 20.4. The van der Waals surface area contributed by atoms with Gasteiger partial charge >= 0.3 is 0 Å². The van der Waals surface area contributed by atoms with E-state index >= 15 is 0 Å². The van der Waals surface area contributed by atoms with Crippen molar-refractivity contribution in [2.24, 2.45) is 0 Å². The van der Waals surface area contributed by atoms with Crippen molar-refractivity contribution in [1.82, 2.24) is 19.2 Å². The third-order valence-corrected chi connectivity index (χ3v) is 6.55. The fourth-order valence-corrected chi connectivity index (χ4v) is 4.74. The molecule has 1 amide bonds. The summed E-state index contributed by atoms with van der Waals surface area (Å²) in [6.07, 6.45) is 1.85. The summed E-state index contributed by atoms with van der Waals surface area (Å²) in [5.74, 6) is 0.454. The first kappa shape index (κ1) is 19.9. The van der Waals surface area contributed by atoms with Gasteiger partial charge in [0.15, 0.2) is 5.16 Å². The van der Waals surface area contributed by atoms with Gasteiger partial charge in [0.05, 0.1) is 22.0 Å². The molecule has 4 rings (SSSR count). The van der Waals surface area contributed by atoms with Crippen LogP contribution in [0.3, 0.4) is 0 Å². The van der Waals surface area contributed by atoms with Crippen molar-refractivity contribution >= 4 is 62.3 Å². The van der Waals surface area contributed by atoms with Crippen molar-refractivity contribution < 1.29 is 4.79 Å². The number of halogens is 1. The minimum atomic E-state index is -0.194. The van der Waals surface area contributed by atoms with E-state index in [2.05, 4.69) is 22.4 Å². The average Bonchev–Trinajstić information content (AvgIpc) is 3.35. The van der Waals surface area contributed by atoms with Crippen molar-refractivity contribution in [1.29, 1.82) is 0 Å². The van der Waals surface area contributed by atoms with E-state index in [1.807, 2.05) is 21.9 Å². The number of benzene rings is 1. The Morgan fingerprint density at radius 1 is 1.28 bits per heavy atom. The maximum atomic E-state index is 12.8. The standard InChI is InChI=1S/C19H18ClN5O2S2/c1-2-3-9-24-17(27)16-14(8-10-28-16)25-18(24)22-23-19(25)29-11-15(26)21-13-7-5-4-6-12(13)20/h4-8,10H,2-3,9,11H2,1H3,(H,21,26). The number of nitrogens with zero attached hydrogens (tertiary/aromatic N) is 4. The van der Waals surface area contributed by atoms with E-state index < -0.39 is 0 Å². The number of amides is 1. The van der Waals surface area contributed by atoms with Crippen molar-refractivity contribution in [3.63, 3.8) is 0 Å². The van der Waals surface area contributed by atoms with Gasteiger partial charge in [0, 0.05) is 6.54 Å². The lowest BCUT2D eigenvalue weighted by molar-refractivity contribution is -0.113. The predicted octanol–water partition coefficient (Wildman–Crippen LogP) is 4.29. The molecule has 4 aromatic rings. The highest BCUT2D eigenvalue weighted by Gasteiger charge is 2.18. The molecule has 1 N–H and O–H groups in total. The Morgan fingerprint density at radius 3 is 2.90 bits per heavy atom. The lowest BCUT2D eigenvalue weighted by Crippen LogP contribution is -2.22. The fraction of sp³-hybridized carbons (Fsp3) is 0.263. The molecule has 0 spiro atoms. The number of nitrogens with one attached hydrogen (secondary N) is 1. The number of aromatic nitrogens is 4. The highest BCUT2D eigenvalue weighted by atomic mass is 35.5. The molecule has 0 saturated heterocycles. The van der Waals surface area contributed by atoms with Gasteiger partial charge in [0.1, 0.15) is 4.70 Å².